The van der Waals surface area contributed by atoms with Crippen LogP contribution in [0.5, 0.6) is 0 Å². The Kier molecular flexibility index (Phi) is 5.70. The Hall–Kier alpha value is -1.35. The van der Waals surface area contributed by atoms with Crippen molar-refractivity contribution >= 4 is 5.91 Å². The van der Waals surface area contributed by atoms with Crippen LogP contribution in [-0.2, 0) is 0 Å². The maximum absolute atomic E-state index is 11.8. The molecule has 1 unspecified atom stereocenters. The smallest absolute Gasteiger partial charge is 0.251 e. The molecule has 1 aromatic carbocycles. The largest absolute Gasteiger partial charge is 0.348 e. The van der Waals surface area contributed by atoms with E-state index >= 15 is 0 Å². The Bertz CT molecular complexity index is 337. The first-order valence-electron chi connectivity index (χ1n) is 6.30. The molecule has 1 amide bonds. The normalized spacial score (nSPS) is 19.4. The zero-order valence-electron chi connectivity index (χ0n) is 10.9. The standard InChI is InChI=1S/C12H16N2O.C2H6/c1-14-8-7-11(9-14)13-12(15)10-5-3-2-4-6-10;1-2/h2-6,11H,7-9H2,1H3,(H,13,15);1-2H3. The second kappa shape index (κ2) is 7.07. The predicted molar refractivity (Wildman–Crippen MR) is 71.2 cm³/mol. The molecule has 0 saturated carbocycles. The van der Waals surface area contributed by atoms with E-state index in [0.29, 0.717) is 6.04 Å². The molecule has 1 aromatic rings. The van der Waals surface area contributed by atoms with Gasteiger partial charge in [0, 0.05) is 18.2 Å². The summed E-state index contributed by atoms with van der Waals surface area (Å²) in [6, 6.07) is 9.68. The highest BCUT2D eigenvalue weighted by atomic mass is 16.1. The number of benzene rings is 1. The van der Waals surface area contributed by atoms with Crippen molar-refractivity contribution in [3.8, 4) is 0 Å². The van der Waals surface area contributed by atoms with E-state index in [9.17, 15) is 4.79 Å². The van der Waals surface area contributed by atoms with Gasteiger partial charge in [0.25, 0.3) is 5.91 Å². The molecule has 0 aromatic heterocycles. The van der Waals surface area contributed by atoms with Crippen molar-refractivity contribution in [2.75, 3.05) is 20.1 Å². The van der Waals surface area contributed by atoms with E-state index in [-0.39, 0.29) is 5.91 Å². The van der Waals surface area contributed by atoms with E-state index in [1.807, 2.05) is 44.2 Å². The maximum atomic E-state index is 11.8. The monoisotopic (exact) mass is 234 g/mol. The molecular formula is C14H22N2O. The molecule has 2 rings (SSSR count). The van der Waals surface area contributed by atoms with Crippen LogP contribution in [0.3, 0.4) is 0 Å². The Balaban J connectivity index is 0.000000686. The first-order valence-corrected chi connectivity index (χ1v) is 6.30. The summed E-state index contributed by atoms with van der Waals surface area (Å²) in [6.45, 7) is 6.03. The quantitative estimate of drug-likeness (QED) is 0.850. The summed E-state index contributed by atoms with van der Waals surface area (Å²) in [5.41, 5.74) is 0.743. The number of amides is 1. The number of rotatable bonds is 2. The van der Waals surface area contributed by atoms with Crippen LogP contribution in [0.1, 0.15) is 30.6 Å². The number of likely N-dealkylation sites (N-methyl/N-ethyl adjacent to an activating group) is 1. The molecule has 1 N–H and O–H groups in total. The van der Waals surface area contributed by atoms with E-state index in [1.165, 1.54) is 0 Å². The highest BCUT2D eigenvalue weighted by molar-refractivity contribution is 5.94. The third-order valence-electron chi connectivity index (χ3n) is 2.76. The van der Waals surface area contributed by atoms with Crippen molar-refractivity contribution in [3.63, 3.8) is 0 Å². The number of carbonyl (C=O) groups is 1. The van der Waals surface area contributed by atoms with Crippen molar-refractivity contribution in [1.29, 1.82) is 0 Å². The van der Waals surface area contributed by atoms with Gasteiger partial charge in [0.1, 0.15) is 0 Å². The molecule has 94 valence electrons. The lowest BCUT2D eigenvalue weighted by Gasteiger charge is -2.12. The average molecular weight is 234 g/mol. The first kappa shape index (κ1) is 13.7. The Morgan fingerprint density at radius 2 is 1.94 bits per heavy atom. The van der Waals surface area contributed by atoms with Gasteiger partial charge < -0.3 is 10.2 Å². The fraction of sp³-hybridized carbons (Fsp3) is 0.500. The number of hydrogen-bond donors (Lipinski definition) is 1. The summed E-state index contributed by atoms with van der Waals surface area (Å²) in [5, 5.41) is 3.04. The first-order chi connectivity index (χ1) is 8.25. The van der Waals surface area contributed by atoms with E-state index < -0.39 is 0 Å². The lowest BCUT2D eigenvalue weighted by atomic mass is 10.2. The molecule has 3 nitrogen and oxygen atoms in total. The van der Waals surface area contributed by atoms with Crippen LogP contribution in [0.4, 0.5) is 0 Å². The second-order valence-electron chi connectivity index (χ2n) is 4.09. The number of carbonyl (C=O) groups excluding carboxylic acids is 1. The predicted octanol–water partition coefficient (Wildman–Crippen LogP) is 2.15. The van der Waals surface area contributed by atoms with E-state index in [0.717, 1.165) is 25.1 Å². The minimum Gasteiger partial charge on any atom is -0.348 e. The van der Waals surface area contributed by atoms with Crippen molar-refractivity contribution in [2.24, 2.45) is 0 Å². The highest BCUT2D eigenvalue weighted by Gasteiger charge is 2.21. The van der Waals surface area contributed by atoms with Crippen molar-refractivity contribution in [3.05, 3.63) is 35.9 Å². The molecule has 1 atom stereocenters. The van der Waals surface area contributed by atoms with Gasteiger partial charge in [0.05, 0.1) is 0 Å². The van der Waals surface area contributed by atoms with Crippen LogP contribution in [0.15, 0.2) is 30.3 Å². The number of nitrogens with zero attached hydrogens (tertiary/aromatic N) is 1. The Morgan fingerprint density at radius 3 is 2.47 bits per heavy atom. The van der Waals surface area contributed by atoms with Crippen molar-refractivity contribution < 1.29 is 4.79 Å². The van der Waals surface area contributed by atoms with Crippen LogP contribution in [0.25, 0.3) is 0 Å². The molecule has 1 aliphatic heterocycles. The highest BCUT2D eigenvalue weighted by Crippen LogP contribution is 2.07. The van der Waals surface area contributed by atoms with Crippen LogP contribution in [0, 0.1) is 0 Å². The molecule has 0 spiro atoms. The summed E-state index contributed by atoms with van der Waals surface area (Å²) >= 11 is 0. The second-order valence-corrected chi connectivity index (χ2v) is 4.09. The number of nitrogens with one attached hydrogen (secondary N) is 1. The zero-order valence-corrected chi connectivity index (χ0v) is 10.9. The molecule has 0 aliphatic carbocycles. The van der Waals surface area contributed by atoms with Gasteiger partial charge in [-0.2, -0.15) is 0 Å². The lowest BCUT2D eigenvalue weighted by molar-refractivity contribution is 0.0938. The van der Waals surface area contributed by atoms with Crippen LogP contribution < -0.4 is 5.32 Å². The summed E-state index contributed by atoms with van der Waals surface area (Å²) in [4.78, 5) is 14.0. The van der Waals surface area contributed by atoms with Gasteiger partial charge in [0.2, 0.25) is 0 Å². The summed E-state index contributed by atoms with van der Waals surface area (Å²) in [6.07, 6.45) is 1.05. The zero-order chi connectivity index (χ0) is 12.7. The molecule has 1 saturated heterocycles. The molecule has 1 fully saturated rings. The Labute approximate surface area is 104 Å². The topological polar surface area (TPSA) is 32.3 Å². The molecular weight excluding hydrogens is 212 g/mol. The van der Waals surface area contributed by atoms with Crippen LogP contribution in [0.2, 0.25) is 0 Å². The average Bonchev–Trinajstić information content (AvgIpc) is 2.78. The van der Waals surface area contributed by atoms with E-state index in [1.54, 1.807) is 0 Å². The van der Waals surface area contributed by atoms with Crippen LogP contribution in [-0.4, -0.2) is 37.0 Å². The summed E-state index contributed by atoms with van der Waals surface area (Å²) in [7, 11) is 2.08. The van der Waals surface area contributed by atoms with E-state index in [2.05, 4.69) is 17.3 Å². The summed E-state index contributed by atoms with van der Waals surface area (Å²) < 4.78 is 0. The lowest BCUT2D eigenvalue weighted by Crippen LogP contribution is -2.36. The number of likely N-dealkylation sites (tertiary alicyclic amines) is 1. The van der Waals surface area contributed by atoms with Gasteiger partial charge in [-0.25, -0.2) is 0 Å². The van der Waals surface area contributed by atoms with Gasteiger partial charge in [-0.15, -0.1) is 0 Å². The number of hydrogen-bond acceptors (Lipinski definition) is 2. The fourth-order valence-electron chi connectivity index (χ4n) is 1.91. The van der Waals surface area contributed by atoms with Gasteiger partial charge in [-0.3, -0.25) is 4.79 Å². The van der Waals surface area contributed by atoms with Gasteiger partial charge in [0.15, 0.2) is 0 Å². The van der Waals surface area contributed by atoms with Crippen LogP contribution >= 0.6 is 0 Å². The van der Waals surface area contributed by atoms with E-state index in [4.69, 9.17) is 0 Å². The molecule has 0 radical (unpaired) electrons. The Morgan fingerprint density at radius 1 is 1.29 bits per heavy atom. The molecule has 17 heavy (non-hydrogen) atoms. The minimum atomic E-state index is 0.0379. The van der Waals surface area contributed by atoms with Gasteiger partial charge in [-0.05, 0) is 32.1 Å². The molecule has 1 heterocycles. The third kappa shape index (κ3) is 4.19. The van der Waals surface area contributed by atoms with Crippen molar-refractivity contribution in [2.45, 2.75) is 26.3 Å². The van der Waals surface area contributed by atoms with Gasteiger partial charge in [-0.1, -0.05) is 32.0 Å². The van der Waals surface area contributed by atoms with Gasteiger partial charge >= 0.3 is 0 Å². The third-order valence-corrected chi connectivity index (χ3v) is 2.76. The fourth-order valence-corrected chi connectivity index (χ4v) is 1.91. The molecule has 1 aliphatic rings. The molecule has 3 heteroatoms. The van der Waals surface area contributed by atoms with Crippen molar-refractivity contribution in [1.82, 2.24) is 10.2 Å². The summed E-state index contributed by atoms with van der Waals surface area (Å²) in [5.74, 6) is 0.0379. The minimum absolute atomic E-state index is 0.0379. The maximum Gasteiger partial charge on any atom is 0.251 e. The molecule has 0 bridgehead atoms. The SMILES string of the molecule is CC.CN1CCC(NC(=O)c2ccccc2)C1.